The van der Waals surface area contributed by atoms with Crippen molar-refractivity contribution in [2.75, 3.05) is 19.8 Å². The second kappa shape index (κ2) is 7.20. The van der Waals surface area contributed by atoms with Crippen LogP contribution in [-0.4, -0.2) is 53.8 Å². The Bertz CT molecular complexity index is 288. The number of nitrogens with one attached hydrogen (secondary N) is 1. The first-order chi connectivity index (χ1) is 8.50. The fourth-order valence-electron chi connectivity index (χ4n) is 1.92. The van der Waals surface area contributed by atoms with Gasteiger partial charge in [0.2, 0.25) is 0 Å². The van der Waals surface area contributed by atoms with E-state index in [1.54, 1.807) is 4.90 Å². The van der Waals surface area contributed by atoms with Crippen LogP contribution in [0.15, 0.2) is 0 Å². The van der Waals surface area contributed by atoms with Gasteiger partial charge in [-0.15, -0.1) is 0 Å². The van der Waals surface area contributed by atoms with Crippen LogP contribution >= 0.6 is 0 Å². The summed E-state index contributed by atoms with van der Waals surface area (Å²) in [6, 6.07) is -0.187. The smallest absolute Gasteiger partial charge is 0.317 e. The number of carbonyl (C=O) groups is 2. The molecule has 2 N–H and O–H groups in total. The van der Waals surface area contributed by atoms with Crippen molar-refractivity contribution in [1.29, 1.82) is 0 Å². The molecule has 1 saturated heterocycles. The van der Waals surface area contributed by atoms with Crippen LogP contribution in [0.25, 0.3) is 0 Å². The number of carbonyl (C=O) groups excluding carboxylic acids is 1. The third-order valence-electron chi connectivity index (χ3n) is 2.94. The molecule has 104 valence electrons. The molecular weight excluding hydrogens is 236 g/mol. The van der Waals surface area contributed by atoms with Gasteiger partial charge in [0, 0.05) is 19.2 Å². The van der Waals surface area contributed by atoms with Crippen LogP contribution in [0.2, 0.25) is 0 Å². The molecule has 0 bridgehead atoms. The molecule has 0 spiro atoms. The summed E-state index contributed by atoms with van der Waals surface area (Å²) in [5.41, 5.74) is 0. The van der Waals surface area contributed by atoms with Crippen molar-refractivity contribution in [1.82, 2.24) is 10.2 Å². The predicted octanol–water partition coefficient (Wildman–Crippen LogP) is 1.06. The van der Waals surface area contributed by atoms with Gasteiger partial charge in [-0.3, -0.25) is 4.79 Å². The molecule has 1 atom stereocenters. The molecule has 0 aromatic heterocycles. The number of hydrogen-bond acceptors (Lipinski definition) is 3. The average Bonchev–Trinajstić information content (AvgIpc) is 2.29. The fraction of sp³-hybridized carbons (Fsp3) is 0.833. The maximum atomic E-state index is 12.0. The monoisotopic (exact) mass is 258 g/mol. The van der Waals surface area contributed by atoms with E-state index in [0.29, 0.717) is 6.61 Å². The lowest BCUT2D eigenvalue weighted by Gasteiger charge is -2.30. The topological polar surface area (TPSA) is 78.9 Å². The molecule has 1 unspecified atom stereocenters. The number of carboxylic acid groups (broad SMARTS) is 1. The van der Waals surface area contributed by atoms with Gasteiger partial charge in [0.1, 0.15) is 0 Å². The van der Waals surface area contributed by atoms with E-state index in [9.17, 15) is 9.59 Å². The lowest BCUT2D eigenvalue weighted by Crippen LogP contribution is -2.50. The van der Waals surface area contributed by atoms with Crippen LogP contribution in [0.1, 0.15) is 33.1 Å². The number of hydrogen-bond donors (Lipinski definition) is 2. The van der Waals surface area contributed by atoms with E-state index < -0.39 is 5.97 Å². The number of amides is 2. The van der Waals surface area contributed by atoms with Gasteiger partial charge in [0.25, 0.3) is 0 Å². The molecule has 1 heterocycles. The maximum absolute atomic E-state index is 12.0. The van der Waals surface area contributed by atoms with Crippen LogP contribution in [0.5, 0.6) is 0 Å². The van der Waals surface area contributed by atoms with Crippen LogP contribution < -0.4 is 5.32 Å². The Balaban J connectivity index is 2.45. The Morgan fingerprint density at radius 2 is 2.22 bits per heavy atom. The van der Waals surface area contributed by atoms with E-state index in [2.05, 4.69) is 5.32 Å². The van der Waals surface area contributed by atoms with Crippen molar-refractivity contribution in [3.05, 3.63) is 0 Å². The van der Waals surface area contributed by atoms with Gasteiger partial charge < -0.3 is 20.1 Å². The van der Waals surface area contributed by atoms with Crippen molar-refractivity contribution in [2.24, 2.45) is 0 Å². The number of nitrogens with zero attached hydrogens (tertiary/aromatic N) is 1. The summed E-state index contributed by atoms with van der Waals surface area (Å²) in [7, 11) is 0. The third-order valence-corrected chi connectivity index (χ3v) is 2.94. The third kappa shape index (κ3) is 4.91. The summed E-state index contributed by atoms with van der Waals surface area (Å²) in [4.78, 5) is 24.1. The zero-order valence-electron chi connectivity index (χ0n) is 11.0. The largest absolute Gasteiger partial charge is 0.481 e. The lowest BCUT2D eigenvalue weighted by molar-refractivity contribution is -0.137. The molecule has 0 aromatic carbocycles. The van der Waals surface area contributed by atoms with Crippen molar-refractivity contribution < 1.29 is 19.4 Å². The molecule has 6 heteroatoms. The van der Waals surface area contributed by atoms with E-state index >= 15 is 0 Å². The molecule has 1 fully saturated rings. The van der Waals surface area contributed by atoms with Crippen molar-refractivity contribution in [3.63, 3.8) is 0 Å². The minimum Gasteiger partial charge on any atom is -0.481 e. The molecule has 1 aliphatic rings. The van der Waals surface area contributed by atoms with Crippen LogP contribution in [0.4, 0.5) is 4.79 Å². The average molecular weight is 258 g/mol. The SMILES string of the molecule is CC(C)N(CCC(=O)O)C(=O)NC1CCCOC1. The highest BCUT2D eigenvalue weighted by Crippen LogP contribution is 2.08. The molecule has 2 amide bonds. The minimum absolute atomic E-state index is 0.0196. The summed E-state index contributed by atoms with van der Waals surface area (Å²) >= 11 is 0. The van der Waals surface area contributed by atoms with Gasteiger partial charge in [0.15, 0.2) is 0 Å². The van der Waals surface area contributed by atoms with E-state index in [0.717, 1.165) is 19.4 Å². The van der Waals surface area contributed by atoms with E-state index in [4.69, 9.17) is 9.84 Å². The first kappa shape index (κ1) is 14.8. The fourth-order valence-corrected chi connectivity index (χ4v) is 1.92. The van der Waals surface area contributed by atoms with E-state index in [1.807, 2.05) is 13.8 Å². The van der Waals surface area contributed by atoms with Crippen molar-refractivity contribution in [3.8, 4) is 0 Å². The molecule has 0 aromatic rings. The minimum atomic E-state index is -0.894. The zero-order valence-corrected chi connectivity index (χ0v) is 11.0. The second-order valence-electron chi connectivity index (χ2n) is 4.79. The first-order valence-electron chi connectivity index (χ1n) is 6.37. The van der Waals surface area contributed by atoms with Gasteiger partial charge in [-0.25, -0.2) is 4.79 Å². The summed E-state index contributed by atoms with van der Waals surface area (Å²) in [5, 5.41) is 11.6. The Morgan fingerprint density at radius 1 is 1.50 bits per heavy atom. The summed E-state index contributed by atoms with van der Waals surface area (Å²) in [5.74, 6) is -0.894. The normalized spacial score (nSPS) is 19.6. The summed E-state index contributed by atoms with van der Waals surface area (Å²) < 4.78 is 5.29. The molecule has 0 radical (unpaired) electrons. The van der Waals surface area contributed by atoms with Gasteiger partial charge in [-0.2, -0.15) is 0 Å². The van der Waals surface area contributed by atoms with Crippen molar-refractivity contribution >= 4 is 12.0 Å². The second-order valence-corrected chi connectivity index (χ2v) is 4.79. The first-order valence-corrected chi connectivity index (χ1v) is 6.37. The highest BCUT2D eigenvalue weighted by molar-refractivity contribution is 5.75. The van der Waals surface area contributed by atoms with Crippen LogP contribution in [0, 0.1) is 0 Å². The number of urea groups is 1. The Kier molecular flexibility index (Phi) is 5.91. The Morgan fingerprint density at radius 3 is 2.72 bits per heavy atom. The maximum Gasteiger partial charge on any atom is 0.317 e. The van der Waals surface area contributed by atoms with Gasteiger partial charge in [-0.1, -0.05) is 0 Å². The Labute approximate surface area is 107 Å². The Hall–Kier alpha value is -1.30. The zero-order chi connectivity index (χ0) is 13.5. The molecule has 6 nitrogen and oxygen atoms in total. The molecule has 1 aliphatic heterocycles. The highest BCUT2D eigenvalue weighted by Gasteiger charge is 2.22. The van der Waals surface area contributed by atoms with Gasteiger partial charge >= 0.3 is 12.0 Å². The lowest BCUT2D eigenvalue weighted by atomic mass is 10.1. The van der Waals surface area contributed by atoms with E-state index in [-0.39, 0.29) is 31.1 Å². The number of aliphatic carboxylic acids is 1. The van der Waals surface area contributed by atoms with Crippen LogP contribution in [-0.2, 0) is 9.53 Å². The standard InChI is InChI=1S/C12H22N2O4/c1-9(2)14(6-5-11(15)16)12(17)13-10-4-3-7-18-8-10/h9-10H,3-8H2,1-2H3,(H,13,17)(H,15,16). The molecular formula is C12H22N2O4. The summed E-state index contributed by atoms with van der Waals surface area (Å²) in [6.07, 6.45) is 1.82. The number of carboxylic acids is 1. The van der Waals surface area contributed by atoms with Gasteiger partial charge in [0.05, 0.1) is 19.1 Å². The molecule has 0 saturated carbocycles. The molecule has 1 rings (SSSR count). The molecule has 18 heavy (non-hydrogen) atoms. The van der Waals surface area contributed by atoms with Crippen LogP contribution in [0.3, 0.4) is 0 Å². The number of rotatable bonds is 5. The molecule has 0 aliphatic carbocycles. The van der Waals surface area contributed by atoms with E-state index in [1.165, 1.54) is 0 Å². The van der Waals surface area contributed by atoms with Gasteiger partial charge in [-0.05, 0) is 26.7 Å². The van der Waals surface area contributed by atoms with Crippen molar-refractivity contribution in [2.45, 2.75) is 45.2 Å². The predicted molar refractivity (Wildman–Crippen MR) is 66.5 cm³/mol. The summed E-state index contributed by atoms with van der Waals surface area (Å²) in [6.45, 7) is 5.26. The quantitative estimate of drug-likeness (QED) is 0.773. The highest BCUT2D eigenvalue weighted by atomic mass is 16.5. The number of ether oxygens (including phenoxy) is 1.